The van der Waals surface area contributed by atoms with Crippen molar-refractivity contribution in [2.75, 3.05) is 26.2 Å². The second kappa shape index (κ2) is 8.47. The molecule has 6 nitrogen and oxygen atoms in total. The summed E-state index contributed by atoms with van der Waals surface area (Å²) in [6.07, 6.45) is 8.66. The van der Waals surface area contributed by atoms with E-state index >= 15 is 0 Å². The number of carbonyl (C=O) groups is 1. The molecule has 27 heavy (non-hydrogen) atoms. The number of aromatic nitrogens is 2. The van der Waals surface area contributed by atoms with Crippen LogP contribution in [0.5, 0.6) is 0 Å². The molecule has 0 saturated carbocycles. The SMILES string of the molecule is C=C/C=C\c1ccc(CN2CCN(C(=O)n3cc(C#N)cn3)CC2)cc1C. The summed E-state index contributed by atoms with van der Waals surface area (Å²) in [7, 11) is 0. The Morgan fingerprint density at radius 3 is 2.74 bits per heavy atom. The molecule has 0 spiro atoms. The van der Waals surface area contributed by atoms with Crippen molar-refractivity contribution >= 4 is 12.1 Å². The molecule has 1 fully saturated rings. The van der Waals surface area contributed by atoms with Crippen LogP contribution in [0.4, 0.5) is 4.79 Å². The maximum Gasteiger partial charge on any atom is 0.344 e. The monoisotopic (exact) mass is 361 g/mol. The Balaban J connectivity index is 1.56. The number of nitriles is 1. The highest BCUT2D eigenvalue weighted by atomic mass is 16.2. The van der Waals surface area contributed by atoms with Crippen molar-refractivity contribution in [3.8, 4) is 6.07 Å². The van der Waals surface area contributed by atoms with Crippen LogP contribution in [0, 0.1) is 18.3 Å². The van der Waals surface area contributed by atoms with E-state index in [0.29, 0.717) is 18.7 Å². The summed E-state index contributed by atoms with van der Waals surface area (Å²) >= 11 is 0. The maximum absolute atomic E-state index is 12.4. The lowest BCUT2D eigenvalue weighted by molar-refractivity contribution is 0.134. The van der Waals surface area contributed by atoms with Crippen LogP contribution in [-0.2, 0) is 6.54 Å². The Morgan fingerprint density at radius 1 is 1.33 bits per heavy atom. The summed E-state index contributed by atoms with van der Waals surface area (Å²) < 4.78 is 1.24. The van der Waals surface area contributed by atoms with E-state index in [1.54, 1.807) is 11.0 Å². The van der Waals surface area contributed by atoms with Gasteiger partial charge in [0.1, 0.15) is 6.07 Å². The molecule has 1 aliphatic rings. The van der Waals surface area contributed by atoms with Gasteiger partial charge in [-0.15, -0.1) is 0 Å². The summed E-state index contributed by atoms with van der Waals surface area (Å²) in [5.74, 6) is 0. The van der Waals surface area contributed by atoms with Crippen molar-refractivity contribution in [1.82, 2.24) is 19.6 Å². The molecule has 0 bridgehead atoms. The molecule has 1 amide bonds. The molecule has 2 aromatic rings. The number of aryl methyl sites for hydroxylation is 1. The second-order valence-corrected chi connectivity index (χ2v) is 6.62. The van der Waals surface area contributed by atoms with E-state index in [1.165, 1.54) is 33.8 Å². The number of hydrogen-bond acceptors (Lipinski definition) is 4. The third-order valence-electron chi connectivity index (χ3n) is 4.70. The number of benzene rings is 1. The summed E-state index contributed by atoms with van der Waals surface area (Å²) in [4.78, 5) is 16.6. The van der Waals surface area contributed by atoms with E-state index in [4.69, 9.17) is 5.26 Å². The molecule has 6 heteroatoms. The van der Waals surface area contributed by atoms with Crippen LogP contribution in [0.3, 0.4) is 0 Å². The first kappa shape index (κ1) is 18.6. The van der Waals surface area contributed by atoms with Gasteiger partial charge in [0.25, 0.3) is 0 Å². The van der Waals surface area contributed by atoms with Crippen molar-refractivity contribution in [2.24, 2.45) is 0 Å². The average Bonchev–Trinajstić information content (AvgIpc) is 3.17. The van der Waals surface area contributed by atoms with Gasteiger partial charge >= 0.3 is 6.03 Å². The molecule has 1 saturated heterocycles. The first-order valence-electron chi connectivity index (χ1n) is 8.96. The van der Waals surface area contributed by atoms with Gasteiger partial charge in [-0.3, -0.25) is 4.90 Å². The largest absolute Gasteiger partial charge is 0.344 e. The predicted molar refractivity (Wildman–Crippen MR) is 105 cm³/mol. The van der Waals surface area contributed by atoms with E-state index < -0.39 is 0 Å². The zero-order valence-electron chi connectivity index (χ0n) is 15.5. The molecule has 0 N–H and O–H groups in total. The average molecular weight is 361 g/mol. The fourth-order valence-electron chi connectivity index (χ4n) is 3.18. The normalized spacial score (nSPS) is 15.0. The van der Waals surface area contributed by atoms with Crippen molar-refractivity contribution in [3.05, 3.63) is 71.6 Å². The van der Waals surface area contributed by atoms with Gasteiger partial charge in [0, 0.05) is 32.7 Å². The molecular formula is C21H23N5O. The van der Waals surface area contributed by atoms with Gasteiger partial charge in [-0.1, -0.05) is 43.0 Å². The third kappa shape index (κ3) is 4.52. The number of carbonyl (C=O) groups excluding carboxylic acids is 1. The van der Waals surface area contributed by atoms with Crippen molar-refractivity contribution in [1.29, 1.82) is 5.26 Å². The van der Waals surface area contributed by atoms with E-state index in [2.05, 4.69) is 47.8 Å². The van der Waals surface area contributed by atoms with Crippen molar-refractivity contribution in [2.45, 2.75) is 13.5 Å². The van der Waals surface area contributed by atoms with Gasteiger partial charge < -0.3 is 4.90 Å². The number of rotatable bonds is 4. The molecule has 1 aromatic carbocycles. The molecular weight excluding hydrogens is 338 g/mol. The van der Waals surface area contributed by atoms with Crippen LogP contribution in [0.15, 0.2) is 49.3 Å². The Morgan fingerprint density at radius 2 is 2.11 bits per heavy atom. The molecule has 0 aliphatic carbocycles. The van der Waals surface area contributed by atoms with Crippen LogP contribution in [0.1, 0.15) is 22.3 Å². The molecule has 3 rings (SSSR count). The minimum Gasteiger partial charge on any atom is -0.320 e. The molecule has 1 aromatic heterocycles. The number of amides is 1. The summed E-state index contributed by atoms with van der Waals surface area (Å²) in [5.41, 5.74) is 4.11. The van der Waals surface area contributed by atoms with Crippen LogP contribution in [0.2, 0.25) is 0 Å². The maximum atomic E-state index is 12.4. The molecule has 0 atom stereocenters. The number of nitrogens with zero attached hydrogens (tertiary/aromatic N) is 5. The minimum atomic E-state index is -0.176. The lowest BCUT2D eigenvalue weighted by Crippen LogP contribution is -2.49. The fourth-order valence-corrected chi connectivity index (χ4v) is 3.18. The van der Waals surface area contributed by atoms with Crippen molar-refractivity contribution in [3.63, 3.8) is 0 Å². The van der Waals surface area contributed by atoms with Gasteiger partial charge in [0.05, 0.1) is 18.0 Å². The van der Waals surface area contributed by atoms with Crippen molar-refractivity contribution < 1.29 is 4.79 Å². The predicted octanol–water partition coefficient (Wildman–Crippen LogP) is 3.05. The Kier molecular flexibility index (Phi) is 5.84. The van der Waals surface area contributed by atoms with E-state index in [-0.39, 0.29) is 6.03 Å². The van der Waals surface area contributed by atoms with Gasteiger partial charge in [-0.25, -0.2) is 4.79 Å². The van der Waals surface area contributed by atoms with E-state index in [9.17, 15) is 4.79 Å². The summed E-state index contributed by atoms with van der Waals surface area (Å²) in [5, 5.41) is 12.8. The van der Waals surface area contributed by atoms with Crippen LogP contribution >= 0.6 is 0 Å². The van der Waals surface area contributed by atoms with Gasteiger partial charge in [0.2, 0.25) is 0 Å². The summed E-state index contributed by atoms with van der Waals surface area (Å²) in [6, 6.07) is 8.32. The fraction of sp³-hybridized carbons (Fsp3) is 0.286. The standard InChI is InChI=1S/C21H23N5O/c1-3-4-5-20-7-6-18(12-17(20)2)15-24-8-10-25(11-9-24)21(27)26-16-19(13-22)14-23-26/h3-7,12,14,16H,1,8-11,15H2,2H3/b5-4-. The molecule has 0 unspecified atom stereocenters. The number of allylic oxidation sites excluding steroid dienone is 2. The number of piperazine rings is 1. The van der Waals surface area contributed by atoms with Gasteiger partial charge in [0.15, 0.2) is 0 Å². The van der Waals surface area contributed by atoms with Crippen LogP contribution in [-0.4, -0.2) is 51.8 Å². The lowest BCUT2D eigenvalue weighted by Gasteiger charge is -2.34. The highest BCUT2D eigenvalue weighted by molar-refractivity contribution is 5.76. The Bertz CT molecular complexity index is 898. The summed E-state index contributed by atoms with van der Waals surface area (Å²) in [6.45, 7) is 9.62. The number of hydrogen-bond donors (Lipinski definition) is 0. The van der Waals surface area contributed by atoms with E-state index in [0.717, 1.165) is 19.6 Å². The smallest absolute Gasteiger partial charge is 0.320 e. The topological polar surface area (TPSA) is 65.2 Å². The van der Waals surface area contributed by atoms with E-state index in [1.807, 2.05) is 12.1 Å². The minimum absolute atomic E-state index is 0.176. The van der Waals surface area contributed by atoms with Gasteiger partial charge in [-0.05, 0) is 23.6 Å². The Labute approximate surface area is 159 Å². The molecule has 138 valence electrons. The first-order chi connectivity index (χ1) is 13.1. The Hall–Kier alpha value is -3.17. The van der Waals surface area contributed by atoms with Crippen LogP contribution < -0.4 is 0 Å². The van der Waals surface area contributed by atoms with Gasteiger partial charge in [-0.2, -0.15) is 15.0 Å². The zero-order valence-corrected chi connectivity index (χ0v) is 15.5. The highest BCUT2D eigenvalue weighted by Crippen LogP contribution is 2.16. The molecule has 2 heterocycles. The lowest BCUT2D eigenvalue weighted by atomic mass is 10.0. The quantitative estimate of drug-likeness (QED) is 0.785. The second-order valence-electron chi connectivity index (χ2n) is 6.62. The molecule has 1 aliphatic heterocycles. The zero-order chi connectivity index (χ0) is 19.2. The third-order valence-corrected chi connectivity index (χ3v) is 4.70. The first-order valence-corrected chi connectivity index (χ1v) is 8.96. The van der Waals surface area contributed by atoms with Crippen LogP contribution in [0.25, 0.3) is 6.08 Å². The highest BCUT2D eigenvalue weighted by Gasteiger charge is 2.23. The molecule has 0 radical (unpaired) electrons.